The third kappa shape index (κ3) is 5.46. The molecule has 0 saturated carbocycles. The summed E-state index contributed by atoms with van der Waals surface area (Å²) in [6.45, 7) is 4.18. The highest BCUT2D eigenvalue weighted by Gasteiger charge is 2.18. The Kier molecular flexibility index (Phi) is 6.36. The molecule has 1 heterocycles. The van der Waals surface area contributed by atoms with Gasteiger partial charge in [0.05, 0.1) is 4.90 Å². The molecule has 7 nitrogen and oxygen atoms in total. The third-order valence-electron chi connectivity index (χ3n) is 4.17. The van der Waals surface area contributed by atoms with E-state index in [2.05, 4.69) is 10.3 Å². The molecule has 0 fully saturated rings. The number of sulfonamides is 1. The van der Waals surface area contributed by atoms with Crippen LogP contribution in [0.4, 0.5) is 0 Å². The Morgan fingerprint density at radius 2 is 1.69 bits per heavy atom. The fourth-order valence-corrected chi connectivity index (χ4v) is 3.35. The fourth-order valence-electron chi connectivity index (χ4n) is 2.51. The number of hydrogen-bond acceptors (Lipinski definition) is 5. The van der Waals surface area contributed by atoms with Gasteiger partial charge in [-0.1, -0.05) is 44.2 Å². The maximum atomic E-state index is 12.3. The average molecular weight is 414 g/mol. The first kappa shape index (κ1) is 20.6. The zero-order valence-corrected chi connectivity index (χ0v) is 16.9. The summed E-state index contributed by atoms with van der Waals surface area (Å²) in [4.78, 5) is 14.3. The van der Waals surface area contributed by atoms with Crippen LogP contribution in [0.15, 0.2) is 76.0 Å². The highest BCUT2D eigenvalue weighted by Crippen LogP contribution is 2.17. The molecule has 2 aromatic carbocycles. The van der Waals surface area contributed by atoms with Crippen LogP contribution in [0.3, 0.4) is 0 Å². The monoisotopic (exact) mass is 414 g/mol. The molecule has 0 saturated heterocycles. The number of hydrogen-bond donors (Lipinski definition) is 2. The van der Waals surface area contributed by atoms with E-state index in [0.717, 1.165) is 5.56 Å². The van der Waals surface area contributed by atoms with Gasteiger partial charge in [-0.25, -0.2) is 8.42 Å². The first-order chi connectivity index (χ1) is 13.8. The van der Waals surface area contributed by atoms with Gasteiger partial charge in [0, 0.05) is 0 Å². The van der Waals surface area contributed by atoms with Crippen LogP contribution in [-0.4, -0.2) is 14.3 Å². The topological polar surface area (TPSA) is 97.6 Å². The molecule has 0 atom stereocenters. The van der Waals surface area contributed by atoms with Crippen molar-refractivity contribution in [3.05, 3.63) is 83.8 Å². The van der Waals surface area contributed by atoms with E-state index in [9.17, 15) is 13.2 Å². The first-order valence-electron chi connectivity index (χ1n) is 9.04. The van der Waals surface area contributed by atoms with E-state index in [0.29, 0.717) is 17.4 Å². The molecular weight excluding hydrogens is 392 g/mol. The Labute approximate surface area is 169 Å². The lowest BCUT2D eigenvalue weighted by Gasteiger charge is -2.09. The Bertz CT molecular complexity index is 1060. The number of rotatable bonds is 8. The number of furan rings is 1. The second-order valence-electron chi connectivity index (χ2n) is 6.65. The summed E-state index contributed by atoms with van der Waals surface area (Å²) in [5.74, 6) is 0.656. The molecule has 0 aliphatic rings. The van der Waals surface area contributed by atoms with Crippen LogP contribution in [0.5, 0.6) is 5.75 Å². The van der Waals surface area contributed by atoms with Crippen molar-refractivity contribution in [3.8, 4) is 5.75 Å². The van der Waals surface area contributed by atoms with Gasteiger partial charge in [0.2, 0.25) is 0 Å². The van der Waals surface area contributed by atoms with Gasteiger partial charge in [-0.05, 0) is 47.9 Å². The number of ether oxygens (including phenoxy) is 1. The minimum atomic E-state index is -3.89. The highest BCUT2D eigenvalue weighted by molar-refractivity contribution is 7.89. The van der Waals surface area contributed by atoms with Gasteiger partial charge in [-0.2, -0.15) is 0 Å². The molecule has 3 rings (SSSR count). The average Bonchev–Trinajstić information content (AvgIpc) is 3.20. The molecule has 0 radical (unpaired) electrons. The van der Waals surface area contributed by atoms with Crippen LogP contribution >= 0.6 is 0 Å². The summed E-state index contributed by atoms with van der Waals surface area (Å²) in [6.07, 6.45) is 0. The second kappa shape index (κ2) is 8.93. The van der Waals surface area contributed by atoms with Gasteiger partial charge in [0.1, 0.15) is 18.1 Å². The summed E-state index contributed by atoms with van der Waals surface area (Å²) < 4.78 is 35.6. The molecule has 29 heavy (non-hydrogen) atoms. The zero-order chi connectivity index (χ0) is 20.9. The predicted octanol–water partition coefficient (Wildman–Crippen LogP) is 3.61. The summed E-state index contributed by atoms with van der Waals surface area (Å²) in [5, 5.41) is 0. The van der Waals surface area contributed by atoms with E-state index in [1.807, 2.05) is 32.0 Å². The molecule has 0 bridgehead atoms. The first-order valence-corrected chi connectivity index (χ1v) is 10.5. The Hall–Kier alpha value is -3.10. The Morgan fingerprint density at radius 1 is 1.00 bits per heavy atom. The van der Waals surface area contributed by atoms with Gasteiger partial charge >= 0.3 is 5.91 Å². The normalized spacial score (nSPS) is 11.4. The number of benzene rings is 2. The molecule has 2 N–H and O–H groups in total. The maximum absolute atomic E-state index is 12.3. The quantitative estimate of drug-likeness (QED) is 0.549. The van der Waals surface area contributed by atoms with E-state index in [-0.39, 0.29) is 17.3 Å². The minimum Gasteiger partial charge on any atom is -0.486 e. The SMILES string of the molecule is CC(C)c1ccc(S(=O)(=O)NNC(=O)c2ccc(COc3ccccc3)o2)cc1. The van der Waals surface area contributed by atoms with Crippen LogP contribution in [0, 0.1) is 0 Å². The van der Waals surface area contributed by atoms with E-state index in [1.165, 1.54) is 18.2 Å². The molecule has 1 aromatic heterocycles. The molecule has 3 aromatic rings. The van der Waals surface area contributed by atoms with Crippen LogP contribution in [-0.2, 0) is 16.6 Å². The van der Waals surface area contributed by atoms with Gasteiger partial charge < -0.3 is 9.15 Å². The minimum absolute atomic E-state index is 0.0329. The van der Waals surface area contributed by atoms with Crippen LogP contribution in [0.2, 0.25) is 0 Å². The van der Waals surface area contributed by atoms with Crippen LogP contribution in [0.1, 0.15) is 41.6 Å². The van der Waals surface area contributed by atoms with Crippen molar-refractivity contribution in [2.75, 3.05) is 0 Å². The summed E-state index contributed by atoms with van der Waals surface area (Å²) >= 11 is 0. The summed E-state index contributed by atoms with van der Waals surface area (Å²) in [7, 11) is -3.89. The molecule has 0 spiro atoms. The zero-order valence-electron chi connectivity index (χ0n) is 16.1. The largest absolute Gasteiger partial charge is 0.486 e. The van der Waals surface area contributed by atoms with Crippen LogP contribution in [0.25, 0.3) is 0 Å². The summed E-state index contributed by atoms with van der Waals surface area (Å²) in [6, 6.07) is 18.7. The van der Waals surface area contributed by atoms with Crippen molar-refractivity contribution >= 4 is 15.9 Å². The smallest absolute Gasteiger partial charge is 0.301 e. The third-order valence-corrected chi connectivity index (χ3v) is 5.43. The number of nitrogens with one attached hydrogen (secondary N) is 2. The molecule has 0 aliphatic carbocycles. The van der Waals surface area contributed by atoms with E-state index < -0.39 is 15.9 Å². The molecule has 152 valence electrons. The van der Waals surface area contributed by atoms with Crippen molar-refractivity contribution in [1.29, 1.82) is 0 Å². The van der Waals surface area contributed by atoms with Gasteiger partial charge in [-0.3, -0.25) is 10.2 Å². The van der Waals surface area contributed by atoms with Crippen molar-refractivity contribution < 1.29 is 22.4 Å². The van der Waals surface area contributed by atoms with Crippen LogP contribution < -0.4 is 15.0 Å². The van der Waals surface area contributed by atoms with E-state index in [1.54, 1.807) is 30.3 Å². The van der Waals surface area contributed by atoms with Crippen molar-refractivity contribution in [2.45, 2.75) is 31.3 Å². The van der Waals surface area contributed by atoms with Gasteiger partial charge in [-0.15, -0.1) is 4.83 Å². The molecule has 1 amide bonds. The lowest BCUT2D eigenvalue weighted by atomic mass is 10.0. The van der Waals surface area contributed by atoms with E-state index in [4.69, 9.17) is 9.15 Å². The Balaban J connectivity index is 1.56. The second-order valence-corrected chi connectivity index (χ2v) is 8.33. The molecule has 8 heteroatoms. The lowest BCUT2D eigenvalue weighted by molar-refractivity contribution is 0.0913. The number of carbonyl (C=O) groups is 1. The number of amides is 1. The van der Waals surface area contributed by atoms with Crippen molar-refractivity contribution in [1.82, 2.24) is 10.3 Å². The molecule has 0 unspecified atom stereocenters. The molecular formula is C21H22N2O5S. The predicted molar refractivity (Wildman–Crippen MR) is 108 cm³/mol. The highest BCUT2D eigenvalue weighted by atomic mass is 32.2. The maximum Gasteiger partial charge on any atom is 0.301 e. The van der Waals surface area contributed by atoms with Crippen molar-refractivity contribution in [3.63, 3.8) is 0 Å². The Morgan fingerprint density at radius 3 is 2.34 bits per heavy atom. The lowest BCUT2D eigenvalue weighted by Crippen LogP contribution is -2.41. The van der Waals surface area contributed by atoms with Gasteiger partial charge in [0.25, 0.3) is 10.0 Å². The fraction of sp³-hybridized carbons (Fsp3) is 0.190. The number of para-hydroxylation sites is 1. The standard InChI is InChI=1S/C21H22N2O5S/c1-15(2)16-8-11-19(12-9-16)29(25,26)23-22-21(24)20-13-10-18(28-20)14-27-17-6-4-3-5-7-17/h3-13,15,23H,14H2,1-2H3,(H,22,24). The van der Waals surface area contributed by atoms with Gasteiger partial charge in [0.15, 0.2) is 5.76 Å². The number of carbonyl (C=O) groups excluding carboxylic acids is 1. The number of hydrazine groups is 1. The molecule has 0 aliphatic heterocycles. The summed E-state index contributed by atoms with van der Waals surface area (Å²) in [5.41, 5.74) is 3.17. The van der Waals surface area contributed by atoms with Crippen molar-refractivity contribution in [2.24, 2.45) is 0 Å². The van der Waals surface area contributed by atoms with E-state index >= 15 is 0 Å².